The fourth-order valence-electron chi connectivity index (χ4n) is 4.29. The van der Waals surface area contributed by atoms with Crippen molar-refractivity contribution < 1.29 is 4.79 Å². The van der Waals surface area contributed by atoms with Crippen LogP contribution in [-0.4, -0.2) is 28.6 Å². The molecule has 114 valence electrons. The van der Waals surface area contributed by atoms with Crippen LogP contribution in [0.15, 0.2) is 0 Å². The van der Waals surface area contributed by atoms with Gasteiger partial charge in [-0.05, 0) is 43.4 Å². The number of carbonyl (C=O) groups is 1. The first-order chi connectivity index (χ1) is 9.36. The topological polar surface area (TPSA) is 32.3 Å². The van der Waals surface area contributed by atoms with Gasteiger partial charge in [-0.3, -0.25) is 10.1 Å². The summed E-state index contributed by atoms with van der Waals surface area (Å²) in [6.07, 6.45) is 8.48. The number of nitrogens with zero attached hydrogens (tertiary/aromatic N) is 1. The van der Waals surface area contributed by atoms with Crippen LogP contribution in [-0.2, 0) is 4.79 Å². The molecule has 1 N–H and O–H groups in total. The summed E-state index contributed by atoms with van der Waals surface area (Å²) in [6, 6.07) is 0.431. The zero-order valence-electron chi connectivity index (χ0n) is 13.5. The molecule has 3 heteroatoms. The molecule has 0 radical (unpaired) electrons. The SMILES string of the molecule is CC(C)CC1NC2(CC2)C(=O)N1C1CCCCC1(C)C. The first-order valence-electron chi connectivity index (χ1n) is 8.46. The maximum Gasteiger partial charge on any atom is 0.244 e. The van der Waals surface area contributed by atoms with Crippen molar-refractivity contribution in [1.82, 2.24) is 10.2 Å². The zero-order valence-corrected chi connectivity index (χ0v) is 13.5. The second kappa shape index (κ2) is 4.72. The van der Waals surface area contributed by atoms with Crippen LogP contribution in [0.4, 0.5) is 0 Å². The van der Waals surface area contributed by atoms with Gasteiger partial charge in [0.15, 0.2) is 0 Å². The van der Waals surface area contributed by atoms with Crippen molar-refractivity contribution in [1.29, 1.82) is 0 Å². The molecule has 2 saturated carbocycles. The molecule has 3 fully saturated rings. The molecule has 1 heterocycles. The average molecular weight is 278 g/mol. The van der Waals surface area contributed by atoms with Crippen LogP contribution in [0.3, 0.4) is 0 Å². The van der Waals surface area contributed by atoms with Gasteiger partial charge >= 0.3 is 0 Å². The summed E-state index contributed by atoms with van der Waals surface area (Å²) in [6.45, 7) is 9.23. The summed E-state index contributed by atoms with van der Waals surface area (Å²) < 4.78 is 0. The van der Waals surface area contributed by atoms with Gasteiger partial charge in [0.05, 0.1) is 11.7 Å². The fraction of sp³-hybridized carbons (Fsp3) is 0.941. The number of amides is 1. The predicted octanol–water partition coefficient (Wildman–Crippen LogP) is 3.29. The van der Waals surface area contributed by atoms with E-state index in [2.05, 4.69) is 37.9 Å². The van der Waals surface area contributed by atoms with Gasteiger partial charge in [0.25, 0.3) is 0 Å². The summed E-state index contributed by atoms with van der Waals surface area (Å²) in [5.74, 6) is 1.03. The number of rotatable bonds is 3. The predicted molar refractivity (Wildman–Crippen MR) is 81.2 cm³/mol. The van der Waals surface area contributed by atoms with Gasteiger partial charge in [-0.25, -0.2) is 0 Å². The molecule has 0 aromatic rings. The summed E-state index contributed by atoms with van der Waals surface area (Å²) in [5, 5.41) is 3.68. The van der Waals surface area contributed by atoms with E-state index in [0.29, 0.717) is 17.9 Å². The Morgan fingerprint density at radius 3 is 2.50 bits per heavy atom. The number of carbonyl (C=O) groups excluding carboxylic acids is 1. The summed E-state index contributed by atoms with van der Waals surface area (Å²) in [4.78, 5) is 15.2. The highest BCUT2D eigenvalue weighted by Gasteiger charge is 2.61. The van der Waals surface area contributed by atoms with Crippen LogP contribution in [0.1, 0.15) is 72.6 Å². The maximum atomic E-state index is 12.9. The van der Waals surface area contributed by atoms with Gasteiger partial charge in [0, 0.05) is 6.04 Å². The van der Waals surface area contributed by atoms with Gasteiger partial charge < -0.3 is 4.90 Å². The van der Waals surface area contributed by atoms with Crippen molar-refractivity contribution in [3.05, 3.63) is 0 Å². The van der Waals surface area contributed by atoms with Crippen molar-refractivity contribution in [2.45, 2.75) is 90.4 Å². The highest BCUT2D eigenvalue weighted by Crippen LogP contribution is 2.48. The Morgan fingerprint density at radius 2 is 1.95 bits per heavy atom. The first kappa shape index (κ1) is 14.4. The second-order valence-electron chi connectivity index (χ2n) is 8.33. The second-order valence-corrected chi connectivity index (χ2v) is 8.33. The molecule has 1 amide bonds. The van der Waals surface area contributed by atoms with E-state index < -0.39 is 0 Å². The van der Waals surface area contributed by atoms with Crippen molar-refractivity contribution in [2.75, 3.05) is 0 Å². The third-order valence-electron chi connectivity index (χ3n) is 5.65. The molecule has 0 aromatic heterocycles. The molecule has 2 aliphatic carbocycles. The van der Waals surface area contributed by atoms with E-state index >= 15 is 0 Å². The normalized spacial score (nSPS) is 35.0. The molecule has 3 nitrogen and oxygen atoms in total. The quantitative estimate of drug-likeness (QED) is 0.859. The minimum Gasteiger partial charge on any atom is -0.322 e. The van der Waals surface area contributed by atoms with Crippen molar-refractivity contribution >= 4 is 5.91 Å². The monoisotopic (exact) mass is 278 g/mol. The van der Waals surface area contributed by atoms with Gasteiger partial charge in [-0.15, -0.1) is 0 Å². The number of nitrogens with one attached hydrogen (secondary N) is 1. The average Bonchev–Trinajstić information content (AvgIpc) is 3.06. The molecule has 3 rings (SSSR count). The van der Waals surface area contributed by atoms with Crippen molar-refractivity contribution in [3.8, 4) is 0 Å². The Morgan fingerprint density at radius 1 is 1.25 bits per heavy atom. The Kier molecular flexibility index (Phi) is 3.39. The lowest BCUT2D eigenvalue weighted by atomic mass is 9.72. The highest BCUT2D eigenvalue weighted by molar-refractivity contribution is 5.92. The molecule has 0 bridgehead atoms. The fourth-order valence-corrected chi connectivity index (χ4v) is 4.29. The summed E-state index contributed by atoms with van der Waals surface area (Å²) in [5.41, 5.74) is 0.109. The number of hydrogen-bond acceptors (Lipinski definition) is 2. The summed E-state index contributed by atoms with van der Waals surface area (Å²) >= 11 is 0. The van der Waals surface area contributed by atoms with Crippen LogP contribution >= 0.6 is 0 Å². The van der Waals surface area contributed by atoms with Crippen LogP contribution in [0, 0.1) is 11.3 Å². The third kappa shape index (κ3) is 2.28. The van der Waals surface area contributed by atoms with E-state index in [-0.39, 0.29) is 17.1 Å². The van der Waals surface area contributed by atoms with Crippen LogP contribution < -0.4 is 5.32 Å². The molecule has 3 aliphatic rings. The third-order valence-corrected chi connectivity index (χ3v) is 5.65. The highest BCUT2D eigenvalue weighted by atomic mass is 16.2. The zero-order chi connectivity index (χ0) is 14.5. The smallest absolute Gasteiger partial charge is 0.244 e. The summed E-state index contributed by atoms with van der Waals surface area (Å²) in [7, 11) is 0. The van der Waals surface area contributed by atoms with Gasteiger partial charge in [-0.2, -0.15) is 0 Å². The van der Waals surface area contributed by atoms with E-state index in [1.54, 1.807) is 0 Å². The van der Waals surface area contributed by atoms with Gasteiger partial charge in [-0.1, -0.05) is 40.5 Å². The van der Waals surface area contributed by atoms with Crippen molar-refractivity contribution in [2.24, 2.45) is 11.3 Å². The Bertz CT molecular complexity index is 398. The molecule has 1 spiro atoms. The van der Waals surface area contributed by atoms with Crippen molar-refractivity contribution in [3.63, 3.8) is 0 Å². The molecule has 2 unspecified atom stereocenters. The standard InChI is InChI=1S/C17H30N2O/c1-12(2)11-14-18-17(9-10-17)15(20)19(14)13-7-5-6-8-16(13,3)4/h12-14,18H,5-11H2,1-4H3. The van der Waals surface area contributed by atoms with E-state index in [1.807, 2.05) is 0 Å². The van der Waals surface area contributed by atoms with Gasteiger partial charge in [0.1, 0.15) is 0 Å². The molecule has 1 aliphatic heterocycles. The van der Waals surface area contributed by atoms with Crippen LogP contribution in [0.25, 0.3) is 0 Å². The number of hydrogen-bond donors (Lipinski definition) is 1. The largest absolute Gasteiger partial charge is 0.322 e. The van der Waals surface area contributed by atoms with Crippen LogP contribution in [0.5, 0.6) is 0 Å². The minimum absolute atomic E-state index is 0.160. The van der Waals surface area contributed by atoms with E-state index in [1.165, 1.54) is 25.7 Å². The molecule has 0 aromatic carbocycles. The molecule has 2 atom stereocenters. The molecule has 1 saturated heterocycles. The Hall–Kier alpha value is -0.570. The lowest BCUT2D eigenvalue weighted by Crippen LogP contribution is -2.52. The van der Waals surface area contributed by atoms with Gasteiger partial charge in [0.2, 0.25) is 5.91 Å². The van der Waals surface area contributed by atoms with E-state index in [9.17, 15) is 4.79 Å². The molecular formula is C17H30N2O. The minimum atomic E-state index is -0.160. The van der Waals surface area contributed by atoms with E-state index in [4.69, 9.17) is 0 Å². The maximum absolute atomic E-state index is 12.9. The Balaban J connectivity index is 1.85. The molecular weight excluding hydrogens is 248 g/mol. The lowest BCUT2D eigenvalue weighted by Gasteiger charge is -2.46. The lowest BCUT2D eigenvalue weighted by molar-refractivity contribution is -0.137. The first-order valence-corrected chi connectivity index (χ1v) is 8.46. The Labute approximate surface area is 123 Å². The molecule has 20 heavy (non-hydrogen) atoms. The van der Waals surface area contributed by atoms with Crippen LogP contribution in [0.2, 0.25) is 0 Å². The van der Waals surface area contributed by atoms with E-state index in [0.717, 1.165) is 19.3 Å².